The molecule has 1 N–H and O–H groups in total. The number of fused-ring (bicyclic) bond motifs is 1. The molecule has 0 spiro atoms. The van der Waals surface area contributed by atoms with Crippen LogP contribution in [0.15, 0.2) is 43.0 Å². The van der Waals surface area contributed by atoms with Gasteiger partial charge in [-0.2, -0.15) is 0 Å². The lowest BCUT2D eigenvalue weighted by Crippen LogP contribution is -2.53. The molecule has 0 saturated carbocycles. The molecule has 1 fully saturated rings. The summed E-state index contributed by atoms with van der Waals surface area (Å²) < 4.78 is 0. The second-order valence-corrected chi connectivity index (χ2v) is 7.96. The van der Waals surface area contributed by atoms with E-state index < -0.39 is 0 Å². The maximum atomic E-state index is 12.3. The maximum Gasteiger partial charge on any atom is 0.246 e. The van der Waals surface area contributed by atoms with Crippen LogP contribution in [0.5, 0.6) is 0 Å². The molecule has 0 radical (unpaired) electrons. The van der Waals surface area contributed by atoms with Gasteiger partial charge in [-0.25, -0.2) is 4.98 Å². The normalized spacial score (nSPS) is 19.4. The van der Waals surface area contributed by atoms with Crippen LogP contribution in [0.3, 0.4) is 0 Å². The van der Waals surface area contributed by atoms with E-state index in [-0.39, 0.29) is 17.7 Å². The number of aromatic nitrogens is 1. The van der Waals surface area contributed by atoms with Gasteiger partial charge in [0.1, 0.15) is 0 Å². The number of hydrogen-bond donors (Lipinski definition) is 1. The fourth-order valence-electron chi connectivity index (χ4n) is 3.60. The molecule has 134 valence electrons. The molecule has 1 aromatic carbocycles. The number of nitrogens with one attached hydrogen (secondary N) is 1. The lowest BCUT2D eigenvalue weighted by atomic mass is 9.85. The Bertz CT molecular complexity index is 840. The molecule has 2 aromatic rings. The van der Waals surface area contributed by atoms with Gasteiger partial charge in [0.25, 0.3) is 0 Å². The highest BCUT2D eigenvalue weighted by Gasteiger charge is 2.35. The number of likely N-dealkylation sites (tertiary alicyclic amines) is 1. The lowest BCUT2D eigenvalue weighted by Gasteiger charge is -2.37. The Kier molecular flexibility index (Phi) is 4.59. The minimum atomic E-state index is -0.156. The molecular formula is C20H21N3O2S. The van der Waals surface area contributed by atoms with Crippen LogP contribution in [0.25, 0.3) is 0 Å². The van der Waals surface area contributed by atoms with Crippen molar-refractivity contribution in [3.8, 4) is 0 Å². The molecule has 1 aliphatic heterocycles. The van der Waals surface area contributed by atoms with E-state index in [2.05, 4.69) is 41.1 Å². The summed E-state index contributed by atoms with van der Waals surface area (Å²) in [5, 5.41) is 3.62. The zero-order chi connectivity index (χ0) is 18.1. The van der Waals surface area contributed by atoms with Gasteiger partial charge < -0.3 is 10.2 Å². The highest BCUT2D eigenvalue weighted by atomic mass is 32.1. The van der Waals surface area contributed by atoms with E-state index in [9.17, 15) is 9.59 Å². The van der Waals surface area contributed by atoms with Crippen molar-refractivity contribution in [3.05, 3.63) is 59.1 Å². The SMILES string of the molecule is C=CC(=O)N1CC(C(=O)Nc2nc3c(s2)CC(c2ccccc2)CC3)C1. The third-order valence-corrected chi connectivity index (χ3v) is 6.21. The third-order valence-electron chi connectivity index (χ3n) is 5.18. The van der Waals surface area contributed by atoms with Crippen molar-refractivity contribution in [1.29, 1.82) is 0 Å². The molecule has 2 heterocycles. The summed E-state index contributed by atoms with van der Waals surface area (Å²) in [5.74, 6) is 0.198. The Balaban J connectivity index is 1.37. The molecular weight excluding hydrogens is 346 g/mol. The van der Waals surface area contributed by atoms with Gasteiger partial charge in [-0.1, -0.05) is 36.9 Å². The van der Waals surface area contributed by atoms with Crippen LogP contribution in [0, 0.1) is 5.92 Å². The molecule has 1 aromatic heterocycles. The average molecular weight is 367 g/mol. The minimum Gasteiger partial charge on any atom is -0.337 e. The first kappa shape index (κ1) is 17.0. The van der Waals surface area contributed by atoms with Gasteiger partial charge in [0.2, 0.25) is 11.8 Å². The fourth-order valence-corrected chi connectivity index (χ4v) is 4.69. The number of thiazole rings is 1. The summed E-state index contributed by atoms with van der Waals surface area (Å²) in [7, 11) is 0. The predicted octanol–water partition coefficient (Wildman–Crippen LogP) is 3.00. The van der Waals surface area contributed by atoms with Gasteiger partial charge in [-0.05, 0) is 36.8 Å². The molecule has 1 atom stereocenters. The van der Waals surface area contributed by atoms with Gasteiger partial charge in [-0.15, -0.1) is 11.3 Å². The number of benzene rings is 1. The molecule has 2 amide bonds. The molecule has 26 heavy (non-hydrogen) atoms. The second-order valence-electron chi connectivity index (χ2n) is 6.87. The molecule has 6 heteroatoms. The molecule has 5 nitrogen and oxygen atoms in total. The van der Waals surface area contributed by atoms with Crippen molar-refractivity contribution < 1.29 is 9.59 Å². The standard InChI is InChI=1S/C20H21N3O2S/c1-2-18(24)23-11-15(12-23)19(25)22-20-21-16-9-8-14(10-17(16)26-20)13-6-4-3-5-7-13/h2-7,14-15H,1,8-12H2,(H,21,22,25). The Morgan fingerprint density at radius 3 is 2.77 bits per heavy atom. The first-order valence-electron chi connectivity index (χ1n) is 8.89. The number of carbonyl (C=O) groups is 2. The van der Waals surface area contributed by atoms with Crippen molar-refractivity contribution in [2.75, 3.05) is 18.4 Å². The monoisotopic (exact) mass is 367 g/mol. The summed E-state index contributed by atoms with van der Waals surface area (Å²) in [6, 6.07) is 10.6. The average Bonchev–Trinajstić information content (AvgIpc) is 3.02. The summed E-state index contributed by atoms with van der Waals surface area (Å²) in [5.41, 5.74) is 2.49. The maximum absolute atomic E-state index is 12.3. The Morgan fingerprint density at radius 2 is 2.04 bits per heavy atom. The molecule has 4 rings (SSSR count). The summed E-state index contributed by atoms with van der Waals surface area (Å²) in [6.07, 6.45) is 4.31. The van der Waals surface area contributed by atoms with E-state index in [4.69, 9.17) is 0 Å². The topological polar surface area (TPSA) is 62.3 Å². The van der Waals surface area contributed by atoms with Crippen LogP contribution in [-0.2, 0) is 22.4 Å². The van der Waals surface area contributed by atoms with E-state index in [0.717, 1.165) is 25.0 Å². The Hall–Kier alpha value is -2.47. The first-order chi connectivity index (χ1) is 12.6. The van der Waals surface area contributed by atoms with Gasteiger partial charge >= 0.3 is 0 Å². The van der Waals surface area contributed by atoms with E-state index in [1.54, 1.807) is 16.2 Å². The zero-order valence-electron chi connectivity index (χ0n) is 14.5. The smallest absolute Gasteiger partial charge is 0.246 e. The van der Waals surface area contributed by atoms with Crippen molar-refractivity contribution in [1.82, 2.24) is 9.88 Å². The van der Waals surface area contributed by atoms with Gasteiger partial charge in [0.05, 0.1) is 11.6 Å². The summed E-state index contributed by atoms with van der Waals surface area (Å²) >= 11 is 1.59. The number of amides is 2. The van der Waals surface area contributed by atoms with Crippen LogP contribution in [0.4, 0.5) is 5.13 Å². The molecule has 2 aliphatic rings. The van der Waals surface area contributed by atoms with E-state index in [0.29, 0.717) is 24.1 Å². The summed E-state index contributed by atoms with van der Waals surface area (Å²) in [6.45, 7) is 4.38. The van der Waals surface area contributed by atoms with Gasteiger partial charge in [0, 0.05) is 18.0 Å². The van der Waals surface area contributed by atoms with Crippen LogP contribution < -0.4 is 5.32 Å². The number of rotatable bonds is 4. The fraction of sp³-hybridized carbons (Fsp3) is 0.350. The zero-order valence-corrected chi connectivity index (χ0v) is 15.3. The highest BCUT2D eigenvalue weighted by Crippen LogP contribution is 2.37. The Labute approximate surface area is 156 Å². The van der Waals surface area contributed by atoms with E-state index >= 15 is 0 Å². The number of nitrogens with zero attached hydrogens (tertiary/aromatic N) is 2. The van der Waals surface area contributed by atoms with Crippen LogP contribution >= 0.6 is 11.3 Å². The molecule has 0 bridgehead atoms. The molecule has 1 unspecified atom stereocenters. The van der Waals surface area contributed by atoms with E-state index in [1.807, 2.05) is 6.07 Å². The second kappa shape index (κ2) is 7.03. The van der Waals surface area contributed by atoms with Crippen LogP contribution in [0.1, 0.15) is 28.5 Å². The number of anilines is 1. The number of hydrogen-bond acceptors (Lipinski definition) is 4. The van der Waals surface area contributed by atoms with Gasteiger partial charge in [0.15, 0.2) is 5.13 Å². The number of aryl methyl sites for hydroxylation is 1. The van der Waals surface area contributed by atoms with Crippen molar-refractivity contribution in [2.45, 2.75) is 25.2 Å². The predicted molar refractivity (Wildman–Crippen MR) is 102 cm³/mol. The van der Waals surface area contributed by atoms with Gasteiger partial charge in [-0.3, -0.25) is 9.59 Å². The number of carbonyl (C=O) groups excluding carboxylic acids is 2. The third kappa shape index (κ3) is 3.29. The quantitative estimate of drug-likeness (QED) is 0.845. The van der Waals surface area contributed by atoms with E-state index in [1.165, 1.54) is 16.5 Å². The van der Waals surface area contributed by atoms with Crippen LogP contribution in [0.2, 0.25) is 0 Å². The molecule has 1 saturated heterocycles. The van der Waals surface area contributed by atoms with Crippen molar-refractivity contribution in [2.24, 2.45) is 5.92 Å². The highest BCUT2D eigenvalue weighted by molar-refractivity contribution is 7.15. The van der Waals surface area contributed by atoms with Crippen molar-refractivity contribution in [3.63, 3.8) is 0 Å². The van der Waals surface area contributed by atoms with Crippen molar-refractivity contribution >= 4 is 28.3 Å². The molecule has 1 aliphatic carbocycles. The lowest BCUT2D eigenvalue weighted by molar-refractivity contribution is -0.137. The largest absolute Gasteiger partial charge is 0.337 e. The Morgan fingerprint density at radius 1 is 1.27 bits per heavy atom. The summed E-state index contributed by atoms with van der Waals surface area (Å²) in [4.78, 5) is 31.3. The minimum absolute atomic E-state index is 0.0520. The van der Waals surface area contributed by atoms with Crippen LogP contribution in [-0.4, -0.2) is 34.8 Å². The first-order valence-corrected chi connectivity index (χ1v) is 9.71.